The fourth-order valence-electron chi connectivity index (χ4n) is 2.76. The summed E-state index contributed by atoms with van der Waals surface area (Å²) >= 11 is 6.58. The molecular formula is C20H28ClNO3. The smallest absolute Gasteiger partial charge is 0.343 e. The lowest BCUT2D eigenvalue weighted by atomic mass is 9.93. The highest BCUT2D eigenvalue weighted by Gasteiger charge is 2.20. The minimum Gasteiger partial charge on any atom is -0.480 e. The minimum absolute atomic E-state index is 0.236. The average molecular weight is 366 g/mol. The van der Waals surface area contributed by atoms with Crippen LogP contribution in [-0.2, 0) is 4.74 Å². The Hall–Kier alpha value is -1.81. The summed E-state index contributed by atoms with van der Waals surface area (Å²) in [5.74, 6) is 0.183. The van der Waals surface area contributed by atoms with Gasteiger partial charge in [-0.1, -0.05) is 51.4 Å². The van der Waals surface area contributed by atoms with Gasteiger partial charge >= 0.3 is 5.97 Å². The van der Waals surface area contributed by atoms with Crippen LogP contribution in [0.1, 0.15) is 69.3 Å². The molecule has 1 heterocycles. The molecular weight excluding hydrogens is 338 g/mol. The Kier molecular flexibility index (Phi) is 8.70. The number of hydrogen-bond donors (Lipinski definition) is 0. The quantitative estimate of drug-likeness (QED) is 0.588. The average Bonchev–Trinajstić information content (AvgIpc) is 2.65. The summed E-state index contributed by atoms with van der Waals surface area (Å²) in [7, 11) is 1.48. The number of hydrogen-bond acceptors (Lipinski definition) is 4. The van der Waals surface area contributed by atoms with Crippen molar-refractivity contribution in [3.63, 3.8) is 0 Å². The molecule has 25 heavy (non-hydrogen) atoms. The molecule has 0 N–H and O–H groups in total. The van der Waals surface area contributed by atoms with Crippen LogP contribution in [0, 0.1) is 0 Å². The number of nitrogens with zero attached hydrogens (tertiary/aromatic N) is 1. The molecule has 0 fully saturated rings. The fraction of sp³-hybridized carbons (Fsp3) is 0.500. The molecule has 0 aliphatic heterocycles. The molecule has 0 amide bonds. The molecule has 2 rings (SSSR count). The van der Waals surface area contributed by atoms with E-state index in [1.807, 2.05) is 26.0 Å². The highest BCUT2D eigenvalue weighted by atomic mass is 35.5. The second-order valence-electron chi connectivity index (χ2n) is 5.32. The monoisotopic (exact) mass is 365 g/mol. The highest BCUT2D eigenvalue weighted by molar-refractivity contribution is 6.36. The van der Waals surface area contributed by atoms with Gasteiger partial charge in [-0.3, -0.25) is 0 Å². The summed E-state index contributed by atoms with van der Waals surface area (Å²) in [5.41, 5.74) is 2.05. The van der Waals surface area contributed by atoms with Gasteiger partial charge in [-0.05, 0) is 37.3 Å². The largest absolute Gasteiger partial charge is 0.480 e. The Morgan fingerprint density at radius 3 is 2.36 bits per heavy atom. The molecule has 0 saturated carbocycles. The van der Waals surface area contributed by atoms with E-state index in [2.05, 4.69) is 18.8 Å². The molecule has 0 atom stereocenters. The molecule has 5 heteroatoms. The molecule has 0 bridgehead atoms. The highest BCUT2D eigenvalue weighted by Crippen LogP contribution is 2.36. The first kappa shape index (κ1) is 21.2. The SMILES string of the molecule is CC.CCOC(=O)c1cc2ccc(C(CC)CC)c(Cl)c2nc1OC. The third-order valence-corrected chi connectivity index (χ3v) is 4.43. The maximum absolute atomic E-state index is 12.0. The number of benzene rings is 1. The lowest BCUT2D eigenvalue weighted by Gasteiger charge is -2.16. The van der Waals surface area contributed by atoms with Crippen molar-refractivity contribution in [2.75, 3.05) is 13.7 Å². The lowest BCUT2D eigenvalue weighted by Crippen LogP contribution is -2.08. The summed E-state index contributed by atoms with van der Waals surface area (Å²) < 4.78 is 10.3. The van der Waals surface area contributed by atoms with E-state index in [0.717, 1.165) is 23.8 Å². The molecule has 0 aliphatic rings. The van der Waals surface area contributed by atoms with Gasteiger partial charge in [0.05, 0.1) is 24.3 Å². The first-order valence-electron chi connectivity index (χ1n) is 8.91. The molecule has 0 aliphatic carbocycles. The van der Waals surface area contributed by atoms with Gasteiger partial charge in [-0.25, -0.2) is 9.78 Å². The number of aromatic nitrogens is 1. The van der Waals surface area contributed by atoms with Crippen molar-refractivity contribution in [3.8, 4) is 5.88 Å². The van der Waals surface area contributed by atoms with Gasteiger partial charge in [0.1, 0.15) is 5.56 Å². The van der Waals surface area contributed by atoms with Gasteiger partial charge in [0, 0.05) is 5.39 Å². The second-order valence-corrected chi connectivity index (χ2v) is 5.70. The number of methoxy groups -OCH3 is 1. The third-order valence-electron chi connectivity index (χ3n) is 4.03. The van der Waals surface area contributed by atoms with Crippen LogP contribution < -0.4 is 4.74 Å². The van der Waals surface area contributed by atoms with E-state index >= 15 is 0 Å². The molecule has 0 spiro atoms. The molecule has 1 aromatic carbocycles. The van der Waals surface area contributed by atoms with Gasteiger partial charge < -0.3 is 9.47 Å². The zero-order valence-electron chi connectivity index (χ0n) is 16.0. The second kappa shape index (κ2) is 10.2. The number of ether oxygens (including phenoxy) is 2. The van der Waals surface area contributed by atoms with Crippen LogP contribution in [0.15, 0.2) is 18.2 Å². The van der Waals surface area contributed by atoms with Gasteiger partial charge in [0.15, 0.2) is 0 Å². The van der Waals surface area contributed by atoms with E-state index in [-0.39, 0.29) is 5.88 Å². The number of pyridine rings is 1. The van der Waals surface area contributed by atoms with Crippen molar-refractivity contribution in [3.05, 3.63) is 34.3 Å². The number of rotatable bonds is 6. The van der Waals surface area contributed by atoms with Gasteiger partial charge in [-0.15, -0.1) is 0 Å². The van der Waals surface area contributed by atoms with Crippen molar-refractivity contribution in [1.29, 1.82) is 0 Å². The molecule has 138 valence electrons. The van der Waals surface area contributed by atoms with Crippen LogP contribution in [0.5, 0.6) is 5.88 Å². The number of carbonyl (C=O) groups excluding carboxylic acids is 1. The first-order chi connectivity index (χ1) is 12.1. The predicted octanol–water partition coefficient (Wildman–Crippen LogP) is 6.00. The van der Waals surface area contributed by atoms with Crippen LogP contribution in [0.3, 0.4) is 0 Å². The molecule has 0 radical (unpaired) electrons. The lowest BCUT2D eigenvalue weighted by molar-refractivity contribution is 0.0522. The van der Waals surface area contributed by atoms with Crippen molar-refractivity contribution < 1.29 is 14.3 Å². The van der Waals surface area contributed by atoms with Crippen molar-refractivity contribution in [2.45, 2.75) is 53.4 Å². The maximum atomic E-state index is 12.0. The first-order valence-corrected chi connectivity index (χ1v) is 9.29. The summed E-state index contributed by atoms with van der Waals surface area (Å²) in [6.07, 6.45) is 2.03. The Morgan fingerprint density at radius 2 is 1.84 bits per heavy atom. The van der Waals surface area contributed by atoms with Crippen LogP contribution in [-0.4, -0.2) is 24.7 Å². The van der Waals surface area contributed by atoms with E-state index in [4.69, 9.17) is 21.1 Å². The molecule has 0 saturated heterocycles. The van der Waals surface area contributed by atoms with E-state index in [0.29, 0.717) is 28.6 Å². The number of carbonyl (C=O) groups is 1. The minimum atomic E-state index is -0.445. The summed E-state index contributed by atoms with van der Waals surface area (Å²) in [6, 6.07) is 5.69. The number of fused-ring (bicyclic) bond motifs is 1. The van der Waals surface area contributed by atoms with Crippen molar-refractivity contribution in [1.82, 2.24) is 4.98 Å². The van der Waals surface area contributed by atoms with Crippen LogP contribution in [0.2, 0.25) is 5.02 Å². The summed E-state index contributed by atoms with van der Waals surface area (Å²) in [6.45, 7) is 10.4. The van der Waals surface area contributed by atoms with Gasteiger partial charge in [0.25, 0.3) is 0 Å². The molecule has 0 unspecified atom stereocenters. The number of esters is 1. The van der Waals surface area contributed by atoms with Gasteiger partial charge in [0.2, 0.25) is 5.88 Å². The van der Waals surface area contributed by atoms with E-state index in [9.17, 15) is 4.79 Å². The Morgan fingerprint density at radius 1 is 1.20 bits per heavy atom. The molecule has 2 aromatic rings. The van der Waals surface area contributed by atoms with Crippen LogP contribution >= 0.6 is 11.6 Å². The standard InChI is InChI=1S/C18H22ClNO3.C2H6/c1-5-11(6-2)13-9-8-12-10-14(18(21)23-7-3)17(22-4)20-16(12)15(13)19;1-2/h8-11H,5-7H2,1-4H3;1-2H3. The van der Waals surface area contributed by atoms with Crippen molar-refractivity contribution >= 4 is 28.5 Å². The Balaban J connectivity index is 0.00000151. The van der Waals surface area contributed by atoms with Crippen LogP contribution in [0.4, 0.5) is 0 Å². The van der Waals surface area contributed by atoms with E-state index < -0.39 is 5.97 Å². The third kappa shape index (κ3) is 4.63. The maximum Gasteiger partial charge on any atom is 0.343 e. The van der Waals surface area contributed by atoms with Gasteiger partial charge in [-0.2, -0.15) is 0 Å². The van der Waals surface area contributed by atoms with Crippen LogP contribution in [0.25, 0.3) is 10.9 Å². The zero-order chi connectivity index (χ0) is 19.0. The van der Waals surface area contributed by atoms with E-state index in [1.165, 1.54) is 7.11 Å². The topological polar surface area (TPSA) is 48.4 Å². The van der Waals surface area contributed by atoms with Crippen molar-refractivity contribution in [2.24, 2.45) is 0 Å². The Bertz CT molecular complexity index is 712. The van der Waals surface area contributed by atoms with E-state index in [1.54, 1.807) is 13.0 Å². The summed E-state index contributed by atoms with van der Waals surface area (Å²) in [4.78, 5) is 16.5. The Labute approximate surface area is 155 Å². The molecule has 1 aromatic heterocycles. The predicted molar refractivity (Wildman–Crippen MR) is 104 cm³/mol. The fourth-order valence-corrected chi connectivity index (χ4v) is 3.13. The zero-order valence-corrected chi connectivity index (χ0v) is 16.7. The number of halogens is 1. The normalized spacial score (nSPS) is 10.4. The summed E-state index contributed by atoms with van der Waals surface area (Å²) in [5, 5.41) is 1.43. The molecule has 4 nitrogen and oxygen atoms in total.